The predicted molar refractivity (Wildman–Crippen MR) is 67.4 cm³/mol. The molecule has 1 aromatic rings. The van der Waals surface area contributed by atoms with Crippen LogP contribution in [0.25, 0.3) is 0 Å². The zero-order valence-corrected chi connectivity index (χ0v) is 10.6. The number of hydrogen-bond donors (Lipinski definition) is 0. The van der Waals surface area contributed by atoms with Gasteiger partial charge in [-0.3, -0.25) is 9.88 Å². The summed E-state index contributed by atoms with van der Waals surface area (Å²) in [4.78, 5) is 7.04. The highest BCUT2D eigenvalue weighted by Crippen LogP contribution is 2.33. The third-order valence-electron chi connectivity index (χ3n) is 3.61. The van der Waals surface area contributed by atoms with Crippen LogP contribution >= 0.6 is 0 Å². The van der Waals surface area contributed by atoms with Gasteiger partial charge in [0.25, 0.3) is 0 Å². The number of piperidine rings is 1. The summed E-state index contributed by atoms with van der Waals surface area (Å²) >= 11 is 0. The number of aryl methyl sites for hydroxylation is 1. The van der Waals surface area contributed by atoms with Gasteiger partial charge in [0.15, 0.2) is 0 Å². The van der Waals surface area contributed by atoms with Crippen molar-refractivity contribution >= 4 is 0 Å². The van der Waals surface area contributed by atoms with E-state index in [-0.39, 0.29) is 0 Å². The van der Waals surface area contributed by atoms with Gasteiger partial charge in [-0.1, -0.05) is 12.5 Å². The maximum atomic E-state index is 4.42. The largest absolute Gasteiger partial charge is 0.294 e. The lowest BCUT2D eigenvalue weighted by Gasteiger charge is -2.39. The molecule has 2 nitrogen and oxygen atoms in total. The maximum absolute atomic E-state index is 4.42. The van der Waals surface area contributed by atoms with Gasteiger partial charge in [-0.25, -0.2) is 0 Å². The second kappa shape index (κ2) is 4.96. The Kier molecular flexibility index (Phi) is 3.59. The van der Waals surface area contributed by atoms with Gasteiger partial charge in [0.05, 0.1) is 0 Å². The van der Waals surface area contributed by atoms with Crippen LogP contribution in [0, 0.1) is 6.92 Å². The molecule has 0 radical (unpaired) electrons. The fourth-order valence-corrected chi connectivity index (χ4v) is 2.75. The molecule has 1 fully saturated rings. The van der Waals surface area contributed by atoms with Gasteiger partial charge in [-0.05, 0) is 51.8 Å². The molecule has 0 aliphatic carbocycles. The van der Waals surface area contributed by atoms with Crippen molar-refractivity contribution in [1.82, 2.24) is 9.88 Å². The highest BCUT2D eigenvalue weighted by molar-refractivity contribution is 5.23. The molecule has 0 unspecified atom stereocenters. The molecule has 0 amide bonds. The summed E-state index contributed by atoms with van der Waals surface area (Å²) in [6.07, 6.45) is 5.86. The fraction of sp³-hybridized carbons (Fsp3) is 0.643. The normalized spacial score (nSPS) is 22.6. The standard InChI is InChI=1S/C14H22N2/c1-11(2)16-10-5-4-8-14(16)13-7-6-9-15-12(13)3/h6-7,9,11,14H,4-5,8,10H2,1-3H3/t14-/m1/s1. The molecule has 16 heavy (non-hydrogen) atoms. The molecule has 0 N–H and O–H groups in total. The molecule has 0 bridgehead atoms. The van der Waals surface area contributed by atoms with Crippen molar-refractivity contribution < 1.29 is 0 Å². The molecule has 1 aliphatic heterocycles. The zero-order chi connectivity index (χ0) is 11.5. The minimum absolute atomic E-state index is 0.586. The van der Waals surface area contributed by atoms with Crippen LogP contribution < -0.4 is 0 Å². The van der Waals surface area contributed by atoms with Gasteiger partial charge < -0.3 is 0 Å². The smallest absolute Gasteiger partial charge is 0.0420 e. The van der Waals surface area contributed by atoms with Crippen LogP contribution in [-0.4, -0.2) is 22.5 Å². The molecule has 0 spiro atoms. The molecule has 2 heteroatoms. The molecule has 1 atom stereocenters. The fourth-order valence-electron chi connectivity index (χ4n) is 2.75. The van der Waals surface area contributed by atoms with Crippen molar-refractivity contribution in [2.45, 2.75) is 52.1 Å². The highest BCUT2D eigenvalue weighted by atomic mass is 15.2. The average molecular weight is 218 g/mol. The van der Waals surface area contributed by atoms with Gasteiger partial charge in [-0.2, -0.15) is 0 Å². The minimum atomic E-state index is 0.586. The maximum Gasteiger partial charge on any atom is 0.0420 e. The number of likely N-dealkylation sites (tertiary alicyclic amines) is 1. The molecule has 0 saturated carbocycles. The lowest BCUT2D eigenvalue weighted by molar-refractivity contribution is 0.111. The molecule has 1 aromatic heterocycles. The number of hydrogen-bond acceptors (Lipinski definition) is 2. The van der Waals surface area contributed by atoms with Crippen molar-refractivity contribution in [1.29, 1.82) is 0 Å². The molecule has 2 heterocycles. The Morgan fingerprint density at radius 2 is 2.19 bits per heavy atom. The summed E-state index contributed by atoms with van der Waals surface area (Å²) in [5.74, 6) is 0. The SMILES string of the molecule is Cc1ncccc1[C@H]1CCCCN1C(C)C. The van der Waals surface area contributed by atoms with Crippen LogP contribution in [0.5, 0.6) is 0 Å². The molecule has 1 aliphatic rings. The quantitative estimate of drug-likeness (QED) is 0.757. The summed E-state index contributed by atoms with van der Waals surface area (Å²) < 4.78 is 0. The third kappa shape index (κ3) is 2.27. The Morgan fingerprint density at radius 1 is 1.38 bits per heavy atom. The summed E-state index contributed by atoms with van der Waals surface area (Å²) in [5.41, 5.74) is 2.62. The lowest BCUT2D eigenvalue weighted by Crippen LogP contribution is -2.38. The molecular weight excluding hydrogens is 196 g/mol. The summed E-state index contributed by atoms with van der Waals surface area (Å²) in [7, 11) is 0. The van der Waals surface area contributed by atoms with Crippen LogP contribution in [-0.2, 0) is 0 Å². The first-order chi connectivity index (χ1) is 7.70. The van der Waals surface area contributed by atoms with Crippen LogP contribution in [0.1, 0.15) is 50.4 Å². The zero-order valence-electron chi connectivity index (χ0n) is 10.6. The molecule has 2 rings (SSSR count). The topological polar surface area (TPSA) is 16.1 Å². The van der Waals surface area contributed by atoms with Gasteiger partial charge in [-0.15, -0.1) is 0 Å². The van der Waals surface area contributed by atoms with Gasteiger partial charge in [0.1, 0.15) is 0 Å². The van der Waals surface area contributed by atoms with E-state index in [0.29, 0.717) is 12.1 Å². The number of aromatic nitrogens is 1. The van der Waals surface area contributed by atoms with Crippen LogP contribution in [0.3, 0.4) is 0 Å². The summed E-state index contributed by atoms with van der Waals surface area (Å²) in [5, 5.41) is 0. The van der Waals surface area contributed by atoms with Crippen molar-refractivity contribution in [3.05, 3.63) is 29.6 Å². The Balaban J connectivity index is 2.27. The number of pyridine rings is 1. The molecular formula is C14H22N2. The highest BCUT2D eigenvalue weighted by Gasteiger charge is 2.26. The van der Waals surface area contributed by atoms with Crippen molar-refractivity contribution in [2.75, 3.05) is 6.54 Å². The Hall–Kier alpha value is -0.890. The van der Waals surface area contributed by atoms with E-state index in [4.69, 9.17) is 0 Å². The Morgan fingerprint density at radius 3 is 2.88 bits per heavy atom. The molecule has 1 saturated heterocycles. The van der Waals surface area contributed by atoms with Gasteiger partial charge in [0, 0.05) is 24.0 Å². The first-order valence-electron chi connectivity index (χ1n) is 6.37. The van der Waals surface area contributed by atoms with E-state index in [1.807, 2.05) is 6.20 Å². The van der Waals surface area contributed by atoms with E-state index in [1.54, 1.807) is 0 Å². The first-order valence-corrected chi connectivity index (χ1v) is 6.37. The Labute approximate surface area is 98.7 Å². The average Bonchev–Trinajstić information content (AvgIpc) is 2.29. The Bertz CT molecular complexity index is 346. The van der Waals surface area contributed by atoms with Crippen molar-refractivity contribution in [3.8, 4) is 0 Å². The molecule has 0 aromatic carbocycles. The minimum Gasteiger partial charge on any atom is -0.294 e. The second-order valence-electron chi connectivity index (χ2n) is 5.02. The van der Waals surface area contributed by atoms with E-state index < -0.39 is 0 Å². The first kappa shape index (κ1) is 11.6. The lowest BCUT2D eigenvalue weighted by atomic mass is 9.93. The van der Waals surface area contributed by atoms with Crippen LogP contribution in [0.15, 0.2) is 18.3 Å². The van der Waals surface area contributed by atoms with Crippen LogP contribution in [0.2, 0.25) is 0 Å². The van der Waals surface area contributed by atoms with E-state index >= 15 is 0 Å². The van der Waals surface area contributed by atoms with E-state index in [9.17, 15) is 0 Å². The molecule has 88 valence electrons. The van der Waals surface area contributed by atoms with Crippen LogP contribution in [0.4, 0.5) is 0 Å². The van der Waals surface area contributed by atoms with Crippen molar-refractivity contribution in [2.24, 2.45) is 0 Å². The van der Waals surface area contributed by atoms with E-state index in [1.165, 1.54) is 37.1 Å². The summed E-state index contributed by atoms with van der Waals surface area (Å²) in [6, 6.07) is 5.52. The monoisotopic (exact) mass is 218 g/mol. The second-order valence-corrected chi connectivity index (χ2v) is 5.02. The van der Waals surface area contributed by atoms with Crippen molar-refractivity contribution in [3.63, 3.8) is 0 Å². The van der Waals surface area contributed by atoms with Gasteiger partial charge in [0.2, 0.25) is 0 Å². The van der Waals surface area contributed by atoms with Gasteiger partial charge >= 0.3 is 0 Å². The number of rotatable bonds is 2. The predicted octanol–water partition coefficient (Wildman–Crippen LogP) is 3.33. The van der Waals surface area contributed by atoms with E-state index in [2.05, 4.69) is 42.8 Å². The summed E-state index contributed by atoms with van der Waals surface area (Å²) in [6.45, 7) is 7.95. The number of nitrogens with zero attached hydrogens (tertiary/aromatic N) is 2. The van der Waals surface area contributed by atoms with E-state index in [0.717, 1.165) is 0 Å². The third-order valence-corrected chi connectivity index (χ3v) is 3.61.